The van der Waals surface area contributed by atoms with Crippen LogP contribution in [0.5, 0.6) is 0 Å². The Morgan fingerprint density at radius 3 is 2.30 bits per heavy atom. The van der Waals surface area contributed by atoms with Gasteiger partial charge in [-0.3, -0.25) is 0 Å². The van der Waals surface area contributed by atoms with Crippen LogP contribution in [0.15, 0.2) is 0 Å². The molecular weight excluding hydrogens is 127 g/mol. The molecule has 0 saturated carbocycles. The fraction of sp³-hybridized carbons (Fsp3) is 1.00. The topological polar surface area (TPSA) is 29.5 Å². The lowest BCUT2D eigenvalue weighted by atomic mass is 9.71. The molecule has 1 fully saturated rings. The van der Waals surface area contributed by atoms with E-state index < -0.39 is 7.12 Å². The van der Waals surface area contributed by atoms with Crippen LogP contribution in [-0.2, 0) is 4.65 Å². The third kappa shape index (κ3) is 1.73. The van der Waals surface area contributed by atoms with Gasteiger partial charge in [0.15, 0.2) is 0 Å². The second-order valence-corrected chi connectivity index (χ2v) is 4.09. The van der Waals surface area contributed by atoms with Crippen LogP contribution in [0, 0.1) is 11.3 Å². The van der Waals surface area contributed by atoms with Crippen molar-refractivity contribution in [3.05, 3.63) is 0 Å². The first kappa shape index (κ1) is 8.09. The maximum absolute atomic E-state index is 9.04. The minimum Gasteiger partial charge on any atom is -0.427 e. The SMILES string of the molecule is CC(C)(C)[C@@H]1COB(O)C1. The van der Waals surface area contributed by atoms with E-state index >= 15 is 0 Å². The number of rotatable bonds is 0. The molecule has 0 amide bonds. The van der Waals surface area contributed by atoms with Gasteiger partial charge in [0.25, 0.3) is 0 Å². The van der Waals surface area contributed by atoms with Crippen molar-refractivity contribution in [2.75, 3.05) is 6.61 Å². The van der Waals surface area contributed by atoms with Gasteiger partial charge in [0.1, 0.15) is 0 Å². The molecule has 0 radical (unpaired) electrons. The van der Waals surface area contributed by atoms with E-state index in [4.69, 9.17) is 9.68 Å². The second-order valence-electron chi connectivity index (χ2n) is 4.09. The lowest BCUT2D eigenvalue weighted by molar-refractivity contribution is 0.193. The minimum atomic E-state index is -0.510. The summed E-state index contributed by atoms with van der Waals surface area (Å²) >= 11 is 0. The van der Waals surface area contributed by atoms with E-state index in [9.17, 15) is 0 Å². The Bertz CT molecular complexity index is 119. The maximum atomic E-state index is 9.04. The summed E-state index contributed by atoms with van der Waals surface area (Å²) in [4.78, 5) is 0. The Morgan fingerprint density at radius 1 is 1.50 bits per heavy atom. The average Bonchev–Trinajstić information content (AvgIpc) is 2.11. The highest BCUT2D eigenvalue weighted by Gasteiger charge is 2.35. The van der Waals surface area contributed by atoms with Crippen molar-refractivity contribution in [2.24, 2.45) is 11.3 Å². The van der Waals surface area contributed by atoms with Crippen molar-refractivity contribution in [1.82, 2.24) is 0 Å². The Kier molecular flexibility index (Phi) is 2.06. The predicted octanol–water partition coefficient (Wildman–Crippen LogP) is 1.16. The third-order valence-electron chi connectivity index (χ3n) is 2.20. The Morgan fingerprint density at radius 2 is 2.10 bits per heavy atom. The van der Waals surface area contributed by atoms with Gasteiger partial charge in [0, 0.05) is 6.61 Å². The monoisotopic (exact) mass is 142 g/mol. The first-order chi connectivity index (χ1) is 4.50. The van der Waals surface area contributed by atoms with Gasteiger partial charge >= 0.3 is 7.12 Å². The van der Waals surface area contributed by atoms with Crippen LogP contribution < -0.4 is 0 Å². The zero-order valence-corrected chi connectivity index (χ0v) is 6.92. The smallest absolute Gasteiger partial charge is 0.427 e. The standard InChI is InChI=1S/C7H15BO2/c1-7(2,3)6-4-8(9)10-5-6/h6,9H,4-5H2,1-3H3/t6-/m0/s1. The summed E-state index contributed by atoms with van der Waals surface area (Å²) in [6.07, 6.45) is 0.795. The van der Waals surface area contributed by atoms with Crippen LogP contribution >= 0.6 is 0 Å². The highest BCUT2D eigenvalue weighted by Crippen LogP contribution is 2.33. The third-order valence-corrected chi connectivity index (χ3v) is 2.20. The number of hydrogen-bond acceptors (Lipinski definition) is 2. The first-order valence-electron chi connectivity index (χ1n) is 3.80. The van der Waals surface area contributed by atoms with Gasteiger partial charge in [0.05, 0.1) is 0 Å². The van der Waals surface area contributed by atoms with Gasteiger partial charge in [-0.15, -0.1) is 0 Å². The fourth-order valence-electron chi connectivity index (χ4n) is 1.21. The predicted molar refractivity (Wildman–Crippen MR) is 41.7 cm³/mol. The van der Waals surface area contributed by atoms with E-state index in [0.29, 0.717) is 12.5 Å². The van der Waals surface area contributed by atoms with E-state index in [1.165, 1.54) is 0 Å². The molecule has 1 aliphatic heterocycles. The second kappa shape index (κ2) is 2.55. The van der Waals surface area contributed by atoms with Crippen molar-refractivity contribution in [1.29, 1.82) is 0 Å². The average molecular weight is 142 g/mol. The Balaban J connectivity index is 2.45. The summed E-state index contributed by atoms with van der Waals surface area (Å²) in [6, 6.07) is 0. The molecular formula is C7H15BO2. The zero-order chi connectivity index (χ0) is 7.78. The molecule has 1 rings (SSSR count). The van der Waals surface area contributed by atoms with Crippen molar-refractivity contribution in [2.45, 2.75) is 27.1 Å². The van der Waals surface area contributed by atoms with Crippen molar-refractivity contribution in [3.63, 3.8) is 0 Å². The molecule has 1 saturated heterocycles. The number of hydrogen-bond donors (Lipinski definition) is 1. The molecule has 1 heterocycles. The molecule has 0 aliphatic carbocycles. The van der Waals surface area contributed by atoms with E-state index in [1.54, 1.807) is 0 Å². The summed E-state index contributed by atoms with van der Waals surface area (Å²) < 4.78 is 5.05. The van der Waals surface area contributed by atoms with Crippen molar-refractivity contribution >= 4 is 7.12 Å². The highest BCUT2D eigenvalue weighted by atomic mass is 16.5. The van der Waals surface area contributed by atoms with Crippen LogP contribution in [0.3, 0.4) is 0 Å². The van der Waals surface area contributed by atoms with E-state index in [2.05, 4.69) is 20.8 Å². The van der Waals surface area contributed by atoms with E-state index in [-0.39, 0.29) is 5.41 Å². The summed E-state index contributed by atoms with van der Waals surface area (Å²) in [5.41, 5.74) is 0.275. The molecule has 0 aromatic rings. The molecule has 0 unspecified atom stereocenters. The van der Waals surface area contributed by atoms with E-state index in [0.717, 1.165) is 6.32 Å². The van der Waals surface area contributed by atoms with Crippen molar-refractivity contribution in [3.8, 4) is 0 Å². The molecule has 2 nitrogen and oxygen atoms in total. The molecule has 0 spiro atoms. The molecule has 1 aliphatic rings. The molecule has 0 bridgehead atoms. The fourth-order valence-corrected chi connectivity index (χ4v) is 1.21. The van der Waals surface area contributed by atoms with Crippen LogP contribution in [0.25, 0.3) is 0 Å². The van der Waals surface area contributed by atoms with Gasteiger partial charge in [-0.25, -0.2) is 0 Å². The van der Waals surface area contributed by atoms with Crippen molar-refractivity contribution < 1.29 is 9.68 Å². The lowest BCUT2D eigenvalue weighted by Gasteiger charge is -2.25. The molecule has 1 atom stereocenters. The molecule has 3 heteroatoms. The zero-order valence-electron chi connectivity index (χ0n) is 6.92. The maximum Gasteiger partial charge on any atom is 0.454 e. The van der Waals surface area contributed by atoms with E-state index in [1.807, 2.05) is 0 Å². The lowest BCUT2D eigenvalue weighted by Crippen LogP contribution is -2.20. The van der Waals surface area contributed by atoms with Gasteiger partial charge in [-0.1, -0.05) is 20.8 Å². The van der Waals surface area contributed by atoms with Crippen LogP contribution in [-0.4, -0.2) is 18.7 Å². The quantitative estimate of drug-likeness (QED) is 0.514. The summed E-state index contributed by atoms with van der Waals surface area (Å²) in [7, 11) is -0.510. The van der Waals surface area contributed by atoms with Crippen LogP contribution in [0.1, 0.15) is 20.8 Å². The Hall–Kier alpha value is -0.0151. The van der Waals surface area contributed by atoms with Gasteiger partial charge in [-0.2, -0.15) is 0 Å². The Labute approximate surface area is 62.7 Å². The molecule has 0 aromatic carbocycles. The summed E-state index contributed by atoms with van der Waals surface area (Å²) in [5, 5.41) is 9.04. The molecule has 58 valence electrons. The van der Waals surface area contributed by atoms with Gasteiger partial charge in [-0.05, 0) is 17.7 Å². The first-order valence-corrected chi connectivity index (χ1v) is 3.80. The summed E-state index contributed by atoms with van der Waals surface area (Å²) in [5.74, 6) is 0.516. The minimum absolute atomic E-state index is 0.275. The normalized spacial score (nSPS) is 27.6. The highest BCUT2D eigenvalue weighted by molar-refractivity contribution is 6.43. The molecule has 10 heavy (non-hydrogen) atoms. The molecule has 0 aromatic heterocycles. The molecule has 1 N–H and O–H groups in total. The van der Waals surface area contributed by atoms with Gasteiger partial charge < -0.3 is 9.68 Å². The van der Waals surface area contributed by atoms with Crippen LogP contribution in [0.2, 0.25) is 6.32 Å². The summed E-state index contributed by atoms with van der Waals surface area (Å²) in [6.45, 7) is 7.25. The van der Waals surface area contributed by atoms with Crippen LogP contribution in [0.4, 0.5) is 0 Å². The largest absolute Gasteiger partial charge is 0.454 e. The van der Waals surface area contributed by atoms with Gasteiger partial charge in [0.2, 0.25) is 0 Å².